The average molecular weight is 332 g/mol. The molecule has 0 atom stereocenters. The van der Waals surface area contributed by atoms with Gasteiger partial charge in [-0.1, -0.05) is 40.2 Å². The Bertz CT molecular complexity index is 988. The smallest absolute Gasteiger partial charge is 0.259 e. The van der Waals surface area contributed by atoms with Crippen LogP contribution in [0.4, 0.5) is 0 Å². The highest BCUT2D eigenvalue weighted by Crippen LogP contribution is 2.22. The van der Waals surface area contributed by atoms with E-state index in [4.69, 9.17) is 4.52 Å². The largest absolute Gasteiger partial charge is 0.333 e. The van der Waals surface area contributed by atoms with Crippen LogP contribution in [0.3, 0.4) is 0 Å². The third kappa shape index (κ3) is 3.03. The highest BCUT2D eigenvalue weighted by atomic mass is 16.5. The fourth-order valence-electron chi connectivity index (χ4n) is 2.51. The van der Waals surface area contributed by atoms with E-state index in [1.165, 1.54) is 5.56 Å². The van der Waals surface area contributed by atoms with Gasteiger partial charge in [0.15, 0.2) is 5.69 Å². The summed E-state index contributed by atoms with van der Waals surface area (Å²) in [5, 5.41) is 12.5. The number of rotatable bonds is 4. The second-order valence-corrected chi connectivity index (χ2v) is 5.83. The summed E-state index contributed by atoms with van der Waals surface area (Å²) in [5.41, 5.74) is 4.67. The molecule has 1 aromatic carbocycles. The lowest BCUT2D eigenvalue weighted by molar-refractivity contribution is 0.432. The summed E-state index contributed by atoms with van der Waals surface area (Å²) in [6.07, 6.45) is 3.37. The molecule has 0 amide bonds. The number of benzene rings is 1. The predicted octanol–water partition coefficient (Wildman–Crippen LogP) is 3.06. The maximum atomic E-state index is 5.32. The Kier molecular flexibility index (Phi) is 3.81. The monoisotopic (exact) mass is 332 g/mol. The van der Waals surface area contributed by atoms with Crippen LogP contribution in [0.1, 0.15) is 16.8 Å². The summed E-state index contributed by atoms with van der Waals surface area (Å²) >= 11 is 0. The van der Waals surface area contributed by atoms with Crippen molar-refractivity contribution in [1.29, 1.82) is 0 Å². The van der Waals surface area contributed by atoms with Crippen LogP contribution in [0.25, 0.3) is 23.0 Å². The zero-order valence-electron chi connectivity index (χ0n) is 13.9. The highest BCUT2D eigenvalue weighted by Gasteiger charge is 2.17. The number of hydrogen-bond donors (Lipinski definition) is 0. The Morgan fingerprint density at radius 2 is 1.92 bits per heavy atom. The molecule has 3 heterocycles. The van der Waals surface area contributed by atoms with Crippen molar-refractivity contribution in [3.63, 3.8) is 0 Å². The van der Waals surface area contributed by atoms with Crippen LogP contribution in [-0.4, -0.2) is 30.1 Å². The van der Waals surface area contributed by atoms with Crippen molar-refractivity contribution in [2.24, 2.45) is 0 Å². The number of pyridine rings is 1. The molecule has 0 bridgehead atoms. The fourth-order valence-corrected chi connectivity index (χ4v) is 2.51. The molecule has 0 aliphatic rings. The number of hydrogen-bond acceptors (Lipinski definition) is 6. The van der Waals surface area contributed by atoms with Gasteiger partial charge in [-0.05, 0) is 31.5 Å². The van der Waals surface area contributed by atoms with Gasteiger partial charge in [-0.3, -0.25) is 4.98 Å². The maximum Gasteiger partial charge on any atom is 0.259 e. The summed E-state index contributed by atoms with van der Waals surface area (Å²) in [6.45, 7) is 4.66. The normalized spacial score (nSPS) is 11.0. The van der Waals surface area contributed by atoms with Gasteiger partial charge < -0.3 is 4.52 Å². The van der Waals surface area contributed by atoms with Crippen LogP contribution < -0.4 is 0 Å². The summed E-state index contributed by atoms with van der Waals surface area (Å²) in [7, 11) is 0. The van der Waals surface area contributed by atoms with Crippen LogP contribution in [0, 0.1) is 13.8 Å². The van der Waals surface area contributed by atoms with E-state index in [9.17, 15) is 0 Å². The molecule has 124 valence electrons. The molecule has 0 aliphatic carbocycles. The first-order chi connectivity index (χ1) is 12.2. The second kappa shape index (κ2) is 6.27. The van der Waals surface area contributed by atoms with Crippen molar-refractivity contribution >= 4 is 0 Å². The Labute approximate surface area is 144 Å². The molecular formula is C18H16N6O. The van der Waals surface area contributed by atoms with Gasteiger partial charge in [0, 0.05) is 12.4 Å². The fraction of sp³-hybridized carbons (Fsp3) is 0.167. The Morgan fingerprint density at radius 1 is 1.08 bits per heavy atom. The molecule has 0 unspecified atom stereocenters. The molecule has 0 radical (unpaired) electrons. The Balaban J connectivity index is 1.61. The molecule has 0 aliphatic heterocycles. The minimum Gasteiger partial charge on any atom is -0.333 e. The van der Waals surface area contributed by atoms with Crippen molar-refractivity contribution in [2.45, 2.75) is 20.4 Å². The van der Waals surface area contributed by atoms with Crippen LogP contribution in [0.15, 0.2) is 53.3 Å². The third-order valence-corrected chi connectivity index (χ3v) is 3.98. The van der Waals surface area contributed by atoms with E-state index in [0.29, 0.717) is 24.0 Å². The molecule has 0 saturated carbocycles. The molecule has 4 rings (SSSR count). The second-order valence-electron chi connectivity index (χ2n) is 5.83. The van der Waals surface area contributed by atoms with Crippen LogP contribution >= 0.6 is 0 Å². The Hall–Kier alpha value is -3.35. The minimum absolute atomic E-state index is 0.413. The zero-order chi connectivity index (χ0) is 17.2. The summed E-state index contributed by atoms with van der Waals surface area (Å²) in [6, 6.07) is 12.0. The van der Waals surface area contributed by atoms with Crippen molar-refractivity contribution in [1.82, 2.24) is 30.1 Å². The molecule has 7 heteroatoms. The summed E-state index contributed by atoms with van der Waals surface area (Å²) < 4.78 is 7.16. The number of aryl methyl sites for hydroxylation is 1. The molecule has 4 aromatic rings. The van der Waals surface area contributed by atoms with Crippen molar-refractivity contribution in [3.05, 3.63) is 65.6 Å². The standard InChI is InChI=1S/C18H16N6O/c1-12-5-7-14(8-6-12)11-24-13(2)16(21-23-24)17-20-18(25-22-17)15-4-3-9-19-10-15/h3-10H,11H2,1-2H3. The minimum atomic E-state index is 0.413. The molecule has 25 heavy (non-hydrogen) atoms. The molecule has 0 fully saturated rings. The predicted molar refractivity (Wildman–Crippen MR) is 91.6 cm³/mol. The van der Waals surface area contributed by atoms with E-state index < -0.39 is 0 Å². The van der Waals surface area contributed by atoms with Gasteiger partial charge in [0.2, 0.25) is 5.82 Å². The molecule has 0 N–H and O–H groups in total. The summed E-state index contributed by atoms with van der Waals surface area (Å²) in [5.74, 6) is 0.835. The first kappa shape index (κ1) is 15.2. The van der Waals surface area contributed by atoms with Gasteiger partial charge in [-0.2, -0.15) is 4.98 Å². The SMILES string of the molecule is Cc1ccc(Cn2nnc(-c3noc(-c4cccnc4)n3)c2C)cc1. The van der Waals surface area contributed by atoms with Crippen LogP contribution in [0.2, 0.25) is 0 Å². The topological polar surface area (TPSA) is 82.5 Å². The lowest BCUT2D eigenvalue weighted by Crippen LogP contribution is -2.04. The van der Waals surface area contributed by atoms with Gasteiger partial charge in [0.05, 0.1) is 17.8 Å². The van der Waals surface area contributed by atoms with E-state index in [0.717, 1.165) is 16.8 Å². The lowest BCUT2D eigenvalue weighted by Gasteiger charge is -2.04. The van der Waals surface area contributed by atoms with Crippen molar-refractivity contribution in [3.8, 4) is 23.0 Å². The highest BCUT2D eigenvalue weighted by molar-refractivity contribution is 5.57. The van der Waals surface area contributed by atoms with E-state index in [-0.39, 0.29) is 0 Å². The van der Waals surface area contributed by atoms with Gasteiger partial charge in [0.25, 0.3) is 5.89 Å². The van der Waals surface area contributed by atoms with Crippen molar-refractivity contribution < 1.29 is 4.52 Å². The molecular weight excluding hydrogens is 316 g/mol. The van der Waals surface area contributed by atoms with Gasteiger partial charge >= 0.3 is 0 Å². The quantitative estimate of drug-likeness (QED) is 0.571. The average Bonchev–Trinajstić information content (AvgIpc) is 3.25. The number of nitrogens with zero attached hydrogens (tertiary/aromatic N) is 6. The summed E-state index contributed by atoms with van der Waals surface area (Å²) in [4.78, 5) is 8.47. The Morgan fingerprint density at radius 3 is 2.68 bits per heavy atom. The van der Waals surface area contributed by atoms with Gasteiger partial charge in [-0.15, -0.1) is 5.10 Å². The van der Waals surface area contributed by atoms with Crippen molar-refractivity contribution in [2.75, 3.05) is 0 Å². The third-order valence-electron chi connectivity index (χ3n) is 3.98. The lowest BCUT2D eigenvalue weighted by atomic mass is 10.1. The van der Waals surface area contributed by atoms with Crippen LogP contribution in [0.5, 0.6) is 0 Å². The first-order valence-corrected chi connectivity index (χ1v) is 7.91. The molecule has 0 spiro atoms. The number of aromatic nitrogens is 6. The zero-order valence-corrected chi connectivity index (χ0v) is 13.9. The van der Waals surface area contributed by atoms with E-state index in [2.05, 4.69) is 56.6 Å². The maximum absolute atomic E-state index is 5.32. The molecule has 0 saturated heterocycles. The van der Waals surface area contributed by atoms with Gasteiger partial charge in [0.1, 0.15) is 0 Å². The first-order valence-electron chi connectivity index (χ1n) is 7.91. The molecule has 7 nitrogen and oxygen atoms in total. The van der Waals surface area contributed by atoms with E-state index in [1.54, 1.807) is 12.4 Å². The van der Waals surface area contributed by atoms with Crippen LogP contribution in [-0.2, 0) is 6.54 Å². The van der Waals surface area contributed by atoms with E-state index in [1.807, 2.05) is 23.7 Å². The van der Waals surface area contributed by atoms with Gasteiger partial charge in [-0.25, -0.2) is 4.68 Å². The molecule has 3 aromatic heterocycles. The van der Waals surface area contributed by atoms with E-state index >= 15 is 0 Å².